The summed E-state index contributed by atoms with van der Waals surface area (Å²) in [5, 5.41) is 7.97. The van der Waals surface area contributed by atoms with Crippen molar-refractivity contribution in [2.75, 3.05) is 13.1 Å². The number of hydrogen-bond acceptors (Lipinski definition) is 3. The number of carbonyl (C=O) groups excluding carboxylic acids is 2. The average molecular weight is 301 g/mol. The van der Waals surface area contributed by atoms with Gasteiger partial charge in [-0.15, -0.1) is 0 Å². The summed E-state index contributed by atoms with van der Waals surface area (Å²) in [4.78, 5) is 24.9. The number of amides is 3. The summed E-state index contributed by atoms with van der Waals surface area (Å²) in [6.45, 7) is 2.89. The Hall–Kier alpha value is -2.57. The fourth-order valence-corrected chi connectivity index (χ4v) is 2.97. The summed E-state index contributed by atoms with van der Waals surface area (Å²) < 4.78 is 1.98. The highest BCUT2D eigenvalue weighted by Crippen LogP contribution is 2.25. The Morgan fingerprint density at radius 2 is 2.18 bits per heavy atom. The molecular weight excluding hydrogens is 282 g/mol. The van der Waals surface area contributed by atoms with E-state index in [-0.39, 0.29) is 11.9 Å². The third-order valence-electron chi connectivity index (χ3n) is 4.05. The van der Waals surface area contributed by atoms with Crippen LogP contribution in [-0.2, 0) is 4.79 Å². The molecule has 0 radical (unpaired) electrons. The standard InChI is InChI=1S/C15H19N5O2/c1-10(18-15(16)22)14(21)19-7-6-12(9-19)20-13-5-3-2-4-11(13)8-17-20/h2-5,8,10,12H,6-7,9H2,1H3,(H3,16,18,22). The van der Waals surface area contributed by atoms with E-state index in [0.717, 1.165) is 17.3 Å². The third kappa shape index (κ3) is 2.61. The van der Waals surface area contributed by atoms with E-state index in [4.69, 9.17) is 5.73 Å². The fraction of sp³-hybridized carbons (Fsp3) is 0.400. The Morgan fingerprint density at radius 1 is 1.41 bits per heavy atom. The lowest BCUT2D eigenvalue weighted by Crippen LogP contribution is -2.47. The quantitative estimate of drug-likeness (QED) is 0.880. The van der Waals surface area contributed by atoms with E-state index in [0.29, 0.717) is 13.1 Å². The van der Waals surface area contributed by atoms with E-state index >= 15 is 0 Å². The smallest absolute Gasteiger partial charge is 0.312 e. The molecule has 1 aliphatic heterocycles. The van der Waals surface area contributed by atoms with Gasteiger partial charge in [0.15, 0.2) is 0 Å². The van der Waals surface area contributed by atoms with E-state index in [1.165, 1.54) is 0 Å². The van der Waals surface area contributed by atoms with Crippen molar-refractivity contribution in [2.24, 2.45) is 5.73 Å². The summed E-state index contributed by atoms with van der Waals surface area (Å²) in [7, 11) is 0. The van der Waals surface area contributed by atoms with Gasteiger partial charge in [0.2, 0.25) is 5.91 Å². The number of likely N-dealkylation sites (tertiary alicyclic amines) is 1. The number of carbonyl (C=O) groups is 2. The van der Waals surface area contributed by atoms with Gasteiger partial charge in [0, 0.05) is 18.5 Å². The molecule has 1 fully saturated rings. The molecule has 0 spiro atoms. The zero-order valence-corrected chi connectivity index (χ0v) is 12.4. The van der Waals surface area contributed by atoms with Gasteiger partial charge in [-0.1, -0.05) is 18.2 Å². The van der Waals surface area contributed by atoms with Crippen molar-refractivity contribution < 1.29 is 9.59 Å². The van der Waals surface area contributed by atoms with E-state index in [1.807, 2.05) is 35.1 Å². The van der Waals surface area contributed by atoms with Crippen LogP contribution < -0.4 is 11.1 Å². The van der Waals surface area contributed by atoms with Crippen molar-refractivity contribution in [1.82, 2.24) is 20.0 Å². The molecule has 3 amide bonds. The molecule has 0 bridgehead atoms. The maximum atomic E-state index is 12.3. The van der Waals surface area contributed by atoms with Gasteiger partial charge in [0.1, 0.15) is 6.04 Å². The van der Waals surface area contributed by atoms with Gasteiger partial charge >= 0.3 is 6.03 Å². The molecule has 1 aromatic heterocycles. The van der Waals surface area contributed by atoms with E-state index in [1.54, 1.807) is 11.8 Å². The second-order valence-corrected chi connectivity index (χ2v) is 5.60. The first-order valence-corrected chi connectivity index (χ1v) is 7.33. The van der Waals surface area contributed by atoms with Gasteiger partial charge in [-0.25, -0.2) is 4.79 Å². The third-order valence-corrected chi connectivity index (χ3v) is 4.05. The molecule has 3 rings (SSSR count). The van der Waals surface area contributed by atoms with Crippen LogP contribution in [0.5, 0.6) is 0 Å². The van der Waals surface area contributed by atoms with Crippen LogP contribution in [0.2, 0.25) is 0 Å². The molecule has 0 aliphatic carbocycles. The molecule has 7 heteroatoms. The minimum absolute atomic E-state index is 0.113. The molecule has 22 heavy (non-hydrogen) atoms. The first kappa shape index (κ1) is 14.4. The molecule has 2 unspecified atom stereocenters. The lowest BCUT2D eigenvalue weighted by molar-refractivity contribution is -0.131. The molecule has 1 saturated heterocycles. The van der Waals surface area contributed by atoms with E-state index in [9.17, 15) is 9.59 Å². The van der Waals surface area contributed by atoms with Gasteiger partial charge in [0.25, 0.3) is 0 Å². The molecule has 1 aliphatic rings. The number of rotatable bonds is 3. The predicted octanol–water partition coefficient (Wildman–Crippen LogP) is 0.866. The van der Waals surface area contributed by atoms with Crippen molar-refractivity contribution in [3.8, 4) is 0 Å². The number of benzene rings is 1. The van der Waals surface area contributed by atoms with Crippen LogP contribution in [0.3, 0.4) is 0 Å². The van der Waals surface area contributed by atoms with Crippen LogP contribution in [0.15, 0.2) is 30.5 Å². The first-order chi connectivity index (χ1) is 10.6. The first-order valence-electron chi connectivity index (χ1n) is 7.33. The van der Waals surface area contributed by atoms with Gasteiger partial charge in [-0.3, -0.25) is 9.48 Å². The molecule has 3 N–H and O–H groups in total. The number of urea groups is 1. The SMILES string of the molecule is CC(NC(N)=O)C(=O)N1CCC(n2ncc3ccccc32)C1. The van der Waals surface area contributed by atoms with E-state index < -0.39 is 12.1 Å². The van der Waals surface area contributed by atoms with E-state index in [2.05, 4.69) is 10.4 Å². The monoisotopic (exact) mass is 301 g/mol. The maximum Gasteiger partial charge on any atom is 0.312 e. The summed E-state index contributed by atoms with van der Waals surface area (Å²) >= 11 is 0. The van der Waals surface area contributed by atoms with Crippen LogP contribution >= 0.6 is 0 Å². The highest BCUT2D eigenvalue weighted by molar-refractivity contribution is 5.86. The molecular formula is C15H19N5O2. The fourth-order valence-electron chi connectivity index (χ4n) is 2.97. The van der Waals surface area contributed by atoms with Crippen LogP contribution in [-0.4, -0.2) is 45.8 Å². The molecule has 1 aromatic carbocycles. The lowest BCUT2D eigenvalue weighted by atomic mass is 10.2. The number of para-hydroxylation sites is 1. The van der Waals surface area contributed by atoms with Gasteiger partial charge in [-0.05, 0) is 19.4 Å². The van der Waals surface area contributed by atoms with Crippen molar-refractivity contribution in [3.05, 3.63) is 30.5 Å². The zero-order valence-electron chi connectivity index (χ0n) is 12.4. The summed E-state index contributed by atoms with van der Waals surface area (Å²) in [6.07, 6.45) is 2.69. The molecule has 7 nitrogen and oxygen atoms in total. The van der Waals surface area contributed by atoms with Crippen LogP contribution in [0.4, 0.5) is 4.79 Å². The molecule has 116 valence electrons. The summed E-state index contributed by atoms with van der Waals surface area (Å²) in [5.41, 5.74) is 6.14. The minimum Gasteiger partial charge on any atom is -0.352 e. The number of fused-ring (bicyclic) bond motifs is 1. The molecule has 2 atom stereocenters. The maximum absolute atomic E-state index is 12.3. The number of nitrogens with zero attached hydrogens (tertiary/aromatic N) is 3. The number of nitrogens with two attached hydrogens (primary N) is 1. The van der Waals surface area contributed by atoms with Crippen molar-refractivity contribution in [3.63, 3.8) is 0 Å². The largest absolute Gasteiger partial charge is 0.352 e. The second-order valence-electron chi connectivity index (χ2n) is 5.60. The van der Waals surface area contributed by atoms with Gasteiger partial charge in [0.05, 0.1) is 17.8 Å². The number of hydrogen-bond donors (Lipinski definition) is 2. The van der Waals surface area contributed by atoms with Crippen molar-refractivity contribution in [2.45, 2.75) is 25.4 Å². The average Bonchev–Trinajstić information content (AvgIpc) is 3.12. The lowest BCUT2D eigenvalue weighted by Gasteiger charge is -2.21. The number of primary amides is 1. The van der Waals surface area contributed by atoms with Crippen LogP contribution in [0.25, 0.3) is 10.9 Å². The highest BCUT2D eigenvalue weighted by Gasteiger charge is 2.31. The molecule has 2 heterocycles. The van der Waals surface area contributed by atoms with Crippen LogP contribution in [0, 0.1) is 0 Å². The predicted molar refractivity (Wildman–Crippen MR) is 82.1 cm³/mol. The second kappa shape index (κ2) is 5.67. The zero-order chi connectivity index (χ0) is 15.7. The van der Waals surface area contributed by atoms with Crippen LogP contribution in [0.1, 0.15) is 19.4 Å². The Bertz CT molecular complexity index is 711. The Kier molecular flexibility index (Phi) is 3.70. The number of aromatic nitrogens is 2. The normalized spacial score (nSPS) is 19.3. The minimum atomic E-state index is -0.685. The Morgan fingerprint density at radius 3 is 2.95 bits per heavy atom. The van der Waals surface area contributed by atoms with Crippen molar-refractivity contribution in [1.29, 1.82) is 0 Å². The topological polar surface area (TPSA) is 93.2 Å². The summed E-state index contributed by atoms with van der Waals surface area (Å²) in [6, 6.07) is 6.89. The molecule has 0 saturated carbocycles. The molecule has 2 aromatic rings. The summed E-state index contributed by atoms with van der Waals surface area (Å²) in [5.74, 6) is -0.113. The number of nitrogens with one attached hydrogen (secondary N) is 1. The van der Waals surface area contributed by atoms with Crippen molar-refractivity contribution >= 4 is 22.8 Å². The highest BCUT2D eigenvalue weighted by atomic mass is 16.2. The van der Waals surface area contributed by atoms with Gasteiger partial charge in [-0.2, -0.15) is 5.10 Å². The van der Waals surface area contributed by atoms with Gasteiger partial charge < -0.3 is 16.0 Å². The Balaban J connectivity index is 1.72. The Labute approximate surface area is 128 Å².